The first kappa shape index (κ1) is 18.1. The fourth-order valence-electron chi connectivity index (χ4n) is 1.65. The number of nitrogens with zero attached hydrogens (tertiary/aromatic N) is 1. The second-order valence-electron chi connectivity index (χ2n) is 5.32. The Hall–Kier alpha value is -0.920. The number of quaternary nitrogens is 1. The molecule has 0 spiro atoms. The molecule has 19 heavy (non-hydrogen) atoms. The Bertz CT molecular complexity index is 429. The van der Waals surface area contributed by atoms with E-state index in [1.54, 1.807) is 21.0 Å². The molecule has 0 bridgehead atoms. The molecule has 0 aliphatic carbocycles. The molecule has 112 valence electrons. The molecule has 0 rings (SSSR count). The van der Waals surface area contributed by atoms with E-state index in [-0.39, 0.29) is 16.9 Å². The van der Waals surface area contributed by atoms with Gasteiger partial charge in [-0.25, -0.2) is 13.0 Å². The van der Waals surface area contributed by atoms with Gasteiger partial charge in [0.2, 0.25) is 0 Å². The average Bonchev–Trinajstić information content (AvgIpc) is 2.21. The monoisotopic (exact) mass is 292 g/mol. The predicted octanol–water partition coefficient (Wildman–Crippen LogP) is 0.774. The standard InChI is InChI=1S/C12H24N2O4S/c1-6-7-11(19(16,17)18)8-9-14(4,5)13-12(15)10(2)3/h11H,2,6-9H2,1,3-5H3,(H-,13,15,16,17,18). The van der Waals surface area contributed by atoms with E-state index in [0.717, 1.165) is 0 Å². The molecule has 0 saturated heterocycles. The van der Waals surface area contributed by atoms with Crippen LogP contribution in [-0.2, 0) is 14.9 Å². The van der Waals surface area contributed by atoms with Crippen LogP contribution in [0.25, 0.3) is 0 Å². The summed E-state index contributed by atoms with van der Waals surface area (Å²) in [7, 11) is -0.810. The van der Waals surface area contributed by atoms with E-state index in [9.17, 15) is 17.8 Å². The first-order chi connectivity index (χ1) is 8.49. The molecule has 1 atom stereocenters. The summed E-state index contributed by atoms with van der Waals surface area (Å²) >= 11 is 0. The third-order valence-corrected chi connectivity index (χ3v) is 4.11. The van der Waals surface area contributed by atoms with Crippen LogP contribution in [0.2, 0.25) is 0 Å². The minimum absolute atomic E-state index is 0.113. The number of amides is 1. The second kappa shape index (κ2) is 7.02. The lowest BCUT2D eigenvalue weighted by Crippen LogP contribution is -2.55. The van der Waals surface area contributed by atoms with Gasteiger partial charge in [0, 0.05) is 12.0 Å². The number of hydrogen-bond donors (Lipinski definition) is 1. The van der Waals surface area contributed by atoms with E-state index in [1.807, 2.05) is 6.92 Å². The first-order valence-electron chi connectivity index (χ1n) is 6.25. The SMILES string of the molecule is C=C(C)C(=O)N[N+](C)(C)CCC(CCC)S(=O)(=O)[O-]. The fourth-order valence-corrected chi connectivity index (χ4v) is 2.57. The van der Waals surface area contributed by atoms with E-state index >= 15 is 0 Å². The summed E-state index contributed by atoms with van der Waals surface area (Å²) in [5.41, 5.74) is 3.09. The molecule has 0 aliphatic heterocycles. The average molecular weight is 292 g/mol. The number of hydrogen-bond acceptors (Lipinski definition) is 4. The zero-order chi connectivity index (χ0) is 15.3. The molecule has 0 aromatic carbocycles. The summed E-state index contributed by atoms with van der Waals surface area (Å²) in [5.74, 6) is -0.290. The Kier molecular flexibility index (Phi) is 6.68. The van der Waals surface area contributed by atoms with Crippen LogP contribution >= 0.6 is 0 Å². The molecular weight excluding hydrogens is 268 g/mol. The maximum absolute atomic E-state index is 11.5. The summed E-state index contributed by atoms with van der Waals surface area (Å²) < 4.78 is 33.4. The van der Waals surface area contributed by atoms with Gasteiger partial charge in [-0.15, -0.1) is 0 Å². The van der Waals surface area contributed by atoms with Crippen LogP contribution in [0.4, 0.5) is 0 Å². The highest BCUT2D eigenvalue weighted by atomic mass is 32.2. The van der Waals surface area contributed by atoms with Gasteiger partial charge in [-0.1, -0.05) is 19.9 Å². The van der Waals surface area contributed by atoms with E-state index in [0.29, 0.717) is 25.0 Å². The van der Waals surface area contributed by atoms with Crippen LogP contribution in [0.15, 0.2) is 12.2 Å². The van der Waals surface area contributed by atoms with Crippen LogP contribution in [0.5, 0.6) is 0 Å². The van der Waals surface area contributed by atoms with Crippen molar-refractivity contribution in [1.29, 1.82) is 0 Å². The topological polar surface area (TPSA) is 86.3 Å². The van der Waals surface area contributed by atoms with Gasteiger partial charge in [0.05, 0.1) is 29.5 Å². The van der Waals surface area contributed by atoms with Gasteiger partial charge in [0.15, 0.2) is 0 Å². The molecule has 0 aromatic rings. The summed E-state index contributed by atoms with van der Waals surface area (Å²) in [6, 6.07) is 0. The lowest BCUT2D eigenvalue weighted by Gasteiger charge is -2.31. The van der Waals surface area contributed by atoms with Crippen molar-refractivity contribution in [2.24, 2.45) is 0 Å². The third-order valence-electron chi connectivity index (χ3n) is 2.82. The third kappa shape index (κ3) is 7.29. The summed E-state index contributed by atoms with van der Waals surface area (Å²) in [4.78, 5) is 11.5. The Morgan fingerprint density at radius 3 is 2.26 bits per heavy atom. The van der Waals surface area contributed by atoms with Crippen molar-refractivity contribution in [3.8, 4) is 0 Å². The lowest BCUT2D eigenvalue weighted by atomic mass is 10.2. The van der Waals surface area contributed by atoms with Crippen LogP contribution in [0, 0.1) is 0 Å². The van der Waals surface area contributed by atoms with Gasteiger partial charge < -0.3 is 4.55 Å². The minimum Gasteiger partial charge on any atom is -0.748 e. The Morgan fingerprint density at radius 1 is 1.37 bits per heavy atom. The van der Waals surface area contributed by atoms with Gasteiger partial charge in [-0.2, -0.15) is 5.43 Å². The van der Waals surface area contributed by atoms with Crippen LogP contribution < -0.4 is 5.43 Å². The van der Waals surface area contributed by atoms with Gasteiger partial charge in [0.1, 0.15) is 6.54 Å². The molecular formula is C12H24N2O4S. The molecule has 0 aliphatic rings. The van der Waals surface area contributed by atoms with Crippen molar-refractivity contribution in [2.75, 3.05) is 20.6 Å². The lowest BCUT2D eigenvalue weighted by molar-refractivity contribution is -0.925. The Morgan fingerprint density at radius 2 is 1.89 bits per heavy atom. The molecule has 1 N–H and O–H groups in total. The van der Waals surface area contributed by atoms with Gasteiger partial charge in [0.25, 0.3) is 5.91 Å². The molecule has 0 saturated carbocycles. The molecule has 0 aromatic heterocycles. The molecule has 1 amide bonds. The van der Waals surface area contributed by atoms with Crippen molar-refractivity contribution in [3.05, 3.63) is 12.2 Å². The number of carbonyl (C=O) groups is 1. The maximum atomic E-state index is 11.5. The molecule has 0 fully saturated rings. The van der Waals surface area contributed by atoms with E-state index < -0.39 is 15.4 Å². The Labute approximate surface area is 115 Å². The molecule has 0 heterocycles. The van der Waals surface area contributed by atoms with Crippen molar-refractivity contribution < 1.29 is 22.4 Å². The molecule has 1 unspecified atom stereocenters. The van der Waals surface area contributed by atoms with Crippen molar-refractivity contribution >= 4 is 16.0 Å². The highest BCUT2D eigenvalue weighted by Crippen LogP contribution is 2.13. The van der Waals surface area contributed by atoms with Crippen molar-refractivity contribution in [3.63, 3.8) is 0 Å². The fraction of sp³-hybridized carbons (Fsp3) is 0.750. The predicted molar refractivity (Wildman–Crippen MR) is 72.9 cm³/mol. The van der Waals surface area contributed by atoms with Gasteiger partial charge in [-0.3, -0.25) is 4.79 Å². The zero-order valence-corrected chi connectivity index (χ0v) is 12.9. The summed E-state index contributed by atoms with van der Waals surface area (Å²) in [5, 5.41) is -0.892. The zero-order valence-electron chi connectivity index (χ0n) is 12.1. The van der Waals surface area contributed by atoms with Crippen LogP contribution in [0.3, 0.4) is 0 Å². The second-order valence-corrected chi connectivity index (χ2v) is 6.97. The minimum atomic E-state index is -4.28. The van der Waals surface area contributed by atoms with E-state index in [1.165, 1.54) is 0 Å². The van der Waals surface area contributed by atoms with Crippen LogP contribution in [0.1, 0.15) is 33.1 Å². The van der Waals surface area contributed by atoms with Gasteiger partial charge >= 0.3 is 0 Å². The van der Waals surface area contributed by atoms with Crippen molar-refractivity contribution in [2.45, 2.75) is 38.4 Å². The first-order valence-corrected chi connectivity index (χ1v) is 7.72. The van der Waals surface area contributed by atoms with Crippen LogP contribution in [-0.4, -0.2) is 49.4 Å². The number of carbonyl (C=O) groups excluding carboxylic acids is 1. The molecule has 0 radical (unpaired) electrons. The van der Waals surface area contributed by atoms with Crippen molar-refractivity contribution in [1.82, 2.24) is 5.43 Å². The summed E-state index contributed by atoms with van der Waals surface area (Å²) in [6.07, 6.45) is 1.21. The Balaban J connectivity index is 4.58. The highest BCUT2D eigenvalue weighted by Gasteiger charge is 2.24. The number of rotatable bonds is 8. The molecule has 7 heteroatoms. The summed E-state index contributed by atoms with van der Waals surface area (Å²) in [6.45, 7) is 7.33. The van der Waals surface area contributed by atoms with Gasteiger partial charge in [-0.05, 0) is 13.3 Å². The van der Waals surface area contributed by atoms with E-state index in [2.05, 4.69) is 12.0 Å². The normalized spacial score (nSPS) is 13.9. The van der Waals surface area contributed by atoms with E-state index in [4.69, 9.17) is 0 Å². The number of nitrogens with one attached hydrogen (secondary N) is 1. The maximum Gasteiger partial charge on any atom is 0.290 e. The highest BCUT2D eigenvalue weighted by molar-refractivity contribution is 7.86. The smallest absolute Gasteiger partial charge is 0.290 e. The molecule has 6 nitrogen and oxygen atoms in total. The largest absolute Gasteiger partial charge is 0.748 e. The quantitative estimate of drug-likeness (QED) is 0.310.